The molecule has 0 aliphatic rings. The minimum Gasteiger partial charge on any atom is -0.481 e. The first-order valence-electron chi connectivity index (χ1n) is 8.02. The summed E-state index contributed by atoms with van der Waals surface area (Å²) in [5.41, 5.74) is 8.35. The summed E-state index contributed by atoms with van der Waals surface area (Å²) in [4.78, 5) is 11.4. The molecular formula is C21H17Cl2NO2. The Morgan fingerprint density at radius 1 is 1.00 bits per heavy atom. The van der Waals surface area contributed by atoms with Gasteiger partial charge in [0.05, 0.1) is 0 Å². The van der Waals surface area contributed by atoms with E-state index in [1.807, 2.05) is 55.5 Å². The Morgan fingerprint density at radius 3 is 2.31 bits per heavy atom. The zero-order valence-corrected chi connectivity index (χ0v) is 15.6. The van der Waals surface area contributed by atoms with Gasteiger partial charge in [-0.1, -0.05) is 53.5 Å². The highest BCUT2D eigenvalue weighted by atomic mass is 35.5. The summed E-state index contributed by atoms with van der Waals surface area (Å²) in [5, 5.41) is 1.26. The van der Waals surface area contributed by atoms with E-state index in [2.05, 4.69) is 0 Å². The number of halogens is 2. The van der Waals surface area contributed by atoms with Gasteiger partial charge in [0.25, 0.3) is 0 Å². The molecule has 3 rings (SSSR count). The molecule has 2 N–H and O–H groups in total. The monoisotopic (exact) mass is 385 g/mol. The van der Waals surface area contributed by atoms with Gasteiger partial charge in [0.2, 0.25) is 5.91 Å². The molecule has 0 aliphatic heterocycles. The Morgan fingerprint density at radius 2 is 1.69 bits per heavy atom. The van der Waals surface area contributed by atoms with Crippen LogP contribution >= 0.6 is 23.2 Å². The summed E-state index contributed by atoms with van der Waals surface area (Å²) in [7, 11) is 0. The van der Waals surface area contributed by atoms with E-state index in [1.54, 1.807) is 18.2 Å². The molecule has 1 atom stereocenters. The summed E-state index contributed by atoms with van der Waals surface area (Å²) in [6.45, 7) is 1.87. The van der Waals surface area contributed by atoms with Crippen LogP contribution in [0.25, 0.3) is 0 Å². The van der Waals surface area contributed by atoms with Gasteiger partial charge < -0.3 is 10.5 Å². The number of primary amides is 1. The Bertz CT molecular complexity index is 939. The Labute approximate surface area is 162 Å². The molecule has 0 heterocycles. The summed E-state index contributed by atoms with van der Waals surface area (Å²) >= 11 is 12.4. The van der Waals surface area contributed by atoms with Crippen molar-refractivity contribution in [2.24, 2.45) is 5.73 Å². The minimum atomic E-state index is -0.472. The van der Waals surface area contributed by atoms with Gasteiger partial charge in [-0.2, -0.15) is 0 Å². The molecule has 1 unspecified atom stereocenters. The molecule has 132 valence electrons. The first-order valence-corrected chi connectivity index (χ1v) is 8.78. The standard InChI is InChI=1S/C21H17Cl2NO2/c1-13-12-15(21(24)25)8-11-19(13)26-20(14-6-9-16(22)10-7-14)17-4-2-3-5-18(17)23/h2-12,20H,1H3,(H2,24,25). The number of carbonyl (C=O) groups is 1. The van der Waals surface area contributed by atoms with Crippen LogP contribution in [0.5, 0.6) is 5.75 Å². The van der Waals surface area contributed by atoms with Crippen molar-refractivity contribution in [1.82, 2.24) is 0 Å². The summed E-state index contributed by atoms with van der Waals surface area (Å²) < 4.78 is 6.29. The van der Waals surface area contributed by atoms with Crippen LogP contribution in [0.1, 0.15) is 33.2 Å². The van der Waals surface area contributed by atoms with Crippen LogP contribution in [-0.4, -0.2) is 5.91 Å². The highest BCUT2D eigenvalue weighted by Crippen LogP contribution is 2.34. The molecule has 0 radical (unpaired) electrons. The molecule has 26 heavy (non-hydrogen) atoms. The maximum atomic E-state index is 11.4. The summed E-state index contributed by atoms with van der Waals surface area (Å²) in [6.07, 6.45) is -0.418. The van der Waals surface area contributed by atoms with Crippen molar-refractivity contribution < 1.29 is 9.53 Å². The molecule has 0 fully saturated rings. The third-order valence-corrected chi connectivity index (χ3v) is 4.66. The predicted molar refractivity (Wildman–Crippen MR) is 105 cm³/mol. The number of benzene rings is 3. The molecule has 0 saturated carbocycles. The number of aryl methyl sites for hydroxylation is 1. The average Bonchev–Trinajstić information content (AvgIpc) is 2.62. The first-order chi connectivity index (χ1) is 12.5. The van der Waals surface area contributed by atoms with Gasteiger partial charge in [0.15, 0.2) is 6.10 Å². The Kier molecular flexibility index (Phi) is 5.50. The third-order valence-electron chi connectivity index (χ3n) is 4.06. The fourth-order valence-corrected chi connectivity index (χ4v) is 3.06. The highest BCUT2D eigenvalue weighted by Gasteiger charge is 2.20. The zero-order valence-electron chi connectivity index (χ0n) is 14.1. The van der Waals surface area contributed by atoms with E-state index < -0.39 is 12.0 Å². The number of rotatable bonds is 5. The fourth-order valence-electron chi connectivity index (χ4n) is 2.70. The Balaban J connectivity index is 2.03. The number of ether oxygens (including phenoxy) is 1. The smallest absolute Gasteiger partial charge is 0.248 e. The number of amides is 1. The van der Waals surface area contributed by atoms with Crippen molar-refractivity contribution in [3.8, 4) is 5.75 Å². The fraction of sp³-hybridized carbons (Fsp3) is 0.0952. The molecule has 0 bridgehead atoms. The second-order valence-corrected chi connectivity index (χ2v) is 6.76. The molecule has 0 spiro atoms. The van der Waals surface area contributed by atoms with Crippen molar-refractivity contribution >= 4 is 29.1 Å². The topological polar surface area (TPSA) is 52.3 Å². The lowest BCUT2D eigenvalue weighted by Gasteiger charge is -2.22. The average molecular weight is 386 g/mol. The van der Waals surface area contributed by atoms with Crippen molar-refractivity contribution in [2.75, 3.05) is 0 Å². The van der Waals surface area contributed by atoms with E-state index in [0.717, 1.165) is 16.7 Å². The van der Waals surface area contributed by atoms with Crippen LogP contribution < -0.4 is 10.5 Å². The van der Waals surface area contributed by atoms with Gasteiger partial charge in [-0.15, -0.1) is 0 Å². The largest absolute Gasteiger partial charge is 0.481 e. The zero-order chi connectivity index (χ0) is 18.7. The Hall–Kier alpha value is -2.49. The number of hydrogen-bond donors (Lipinski definition) is 1. The molecule has 5 heteroatoms. The lowest BCUT2D eigenvalue weighted by molar-refractivity contribution is 0.1000. The van der Waals surface area contributed by atoms with Gasteiger partial charge in [0, 0.05) is 21.2 Å². The summed E-state index contributed by atoms with van der Waals surface area (Å²) in [5.74, 6) is 0.176. The number of nitrogens with two attached hydrogens (primary N) is 1. The van der Waals surface area contributed by atoms with Gasteiger partial charge in [-0.25, -0.2) is 0 Å². The van der Waals surface area contributed by atoms with Crippen molar-refractivity contribution in [3.63, 3.8) is 0 Å². The van der Waals surface area contributed by atoms with E-state index in [9.17, 15) is 4.79 Å². The quantitative estimate of drug-likeness (QED) is 0.623. The van der Waals surface area contributed by atoms with Crippen molar-refractivity contribution in [1.29, 1.82) is 0 Å². The molecule has 1 amide bonds. The van der Waals surface area contributed by atoms with Crippen LogP contribution in [0.4, 0.5) is 0 Å². The van der Waals surface area contributed by atoms with E-state index in [1.165, 1.54) is 0 Å². The minimum absolute atomic E-state index is 0.418. The van der Waals surface area contributed by atoms with E-state index >= 15 is 0 Å². The van der Waals surface area contributed by atoms with Crippen molar-refractivity contribution in [3.05, 3.63) is 99.0 Å². The molecule has 0 aromatic heterocycles. The summed E-state index contributed by atoms with van der Waals surface area (Å²) in [6, 6.07) is 20.1. The first kappa shape index (κ1) is 18.3. The second kappa shape index (κ2) is 7.81. The van der Waals surface area contributed by atoms with E-state index in [-0.39, 0.29) is 0 Å². The van der Waals surface area contributed by atoms with E-state index in [0.29, 0.717) is 21.4 Å². The van der Waals surface area contributed by atoms with Crippen LogP contribution in [0.2, 0.25) is 10.0 Å². The molecular weight excluding hydrogens is 369 g/mol. The molecule has 3 aromatic rings. The van der Waals surface area contributed by atoms with Crippen molar-refractivity contribution in [2.45, 2.75) is 13.0 Å². The SMILES string of the molecule is Cc1cc(C(N)=O)ccc1OC(c1ccc(Cl)cc1)c1ccccc1Cl. The van der Waals surface area contributed by atoms with Crippen LogP contribution in [0, 0.1) is 6.92 Å². The maximum absolute atomic E-state index is 11.4. The van der Waals surface area contributed by atoms with E-state index in [4.69, 9.17) is 33.7 Å². The molecule has 3 nitrogen and oxygen atoms in total. The normalized spacial score (nSPS) is 11.8. The number of carbonyl (C=O) groups excluding carboxylic acids is 1. The molecule has 0 aliphatic carbocycles. The lowest BCUT2D eigenvalue weighted by atomic mass is 10.0. The lowest BCUT2D eigenvalue weighted by Crippen LogP contribution is -2.13. The predicted octanol–water partition coefficient (Wildman–Crippen LogP) is 5.57. The van der Waals surface area contributed by atoms with Crippen LogP contribution in [-0.2, 0) is 0 Å². The third kappa shape index (κ3) is 4.01. The second-order valence-electron chi connectivity index (χ2n) is 5.92. The van der Waals surface area contributed by atoms with Crippen LogP contribution in [0.15, 0.2) is 66.7 Å². The molecule has 0 saturated heterocycles. The van der Waals surface area contributed by atoms with Crippen LogP contribution in [0.3, 0.4) is 0 Å². The van der Waals surface area contributed by atoms with Gasteiger partial charge in [0.1, 0.15) is 5.75 Å². The van der Waals surface area contributed by atoms with Gasteiger partial charge >= 0.3 is 0 Å². The van der Waals surface area contributed by atoms with Gasteiger partial charge in [-0.05, 0) is 54.4 Å². The number of hydrogen-bond acceptors (Lipinski definition) is 2. The molecule has 3 aromatic carbocycles. The van der Waals surface area contributed by atoms with Gasteiger partial charge in [-0.3, -0.25) is 4.79 Å². The highest BCUT2D eigenvalue weighted by molar-refractivity contribution is 6.31. The maximum Gasteiger partial charge on any atom is 0.248 e.